The van der Waals surface area contributed by atoms with Gasteiger partial charge in [0.15, 0.2) is 5.67 Å². The van der Waals surface area contributed by atoms with Gasteiger partial charge in [0.1, 0.15) is 16.8 Å². The van der Waals surface area contributed by atoms with E-state index in [0.717, 1.165) is 23.1 Å². The normalized spacial score (nSPS) is 19.7. The van der Waals surface area contributed by atoms with Crippen LogP contribution in [0.15, 0.2) is 47.5 Å². The van der Waals surface area contributed by atoms with Crippen molar-refractivity contribution in [2.24, 2.45) is 0 Å². The summed E-state index contributed by atoms with van der Waals surface area (Å²) in [6, 6.07) is 10.9. The summed E-state index contributed by atoms with van der Waals surface area (Å²) in [4.78, 5) is 17.1. The van der Waals surface area contributed by atoms with Crippen LogP contribution in [0, 0.1) is 11.3 Å². The van der Waals surface area contributed by atoms with E-state index in [4.69, 9.17) is 21.1 Å². The quantitative estimate of drug-likeness (QED) is 0.504. The zero-order valence-electron chi connectivity index (χ0n) is 18.8. The number of pyridine rings is 1. The lowest BCUT2D eigenvalue weighted by Gasteiger charge is -2.29. The first-order valence-corrected chi connectivity index (χ1v) is 11.8. The zero-order chi connectivity index (χ0) is 24.4. The highest BCUT2D eigenvalue weighted by Crippen LogP contribution is 2.42. The molecule has 1 saturated carbocycles. The minimum atomic E-state index is -1.51. The first-order chi connectivity index (χ1) is 17.0. The predicted octanol–water partition coefficient (Wildman–Crippen LogP) is 4.75. The SMILES string of the molecule is N#Cc1ccc(C2CC2)cc1Oc1ccc(-n2ncc(NC[C@@]3(F)CCCOC3)c(Cl)c2=O)cn1. The zero-order valence-corrected chi connectivity index (χ0v) is 19.6. The molecule has 0 spiro atoms. The summed E-state index contributed by atoms with van der Waals surface area (Å²) in [5, 5.41) is 16.3. The van der Waals surface area contributed by atoms with Gasteiger partial charge in [0.25, 0.3) is 5.56 Å². The van der Waals surface area contributed by atoms with Crippen molar-refractivity contribution in [1.82, 2.24) is 14.8 Å². The Morgan fingerprint density at radius 1 is 1.31 bits per heavy atom. The number of hydrogen-bond donors (Lipinski definition) is 1. The molecule has 1 aliphatic heterocycles. The average molecular weight is 496 g/mol. The molecule has 5 rings (SSSR count). The number of ether oxygens (including phenoxy) is 2. The summed E-state index contributed by atoms with van der Waals surface area (Å²) >= 11 is 6.26. The molecule has 2 aliphatic rings. The molecule has 8 nitrogen and oxygen atoms in total. The van der Waals surface area contributed by atoms with E-state index in [1.165, 1.54) is 12.4 Å². The van der Waals surface area contributed by atoms with Gasteiger partial charge < -0.3 is 14.8 Å². The van der Waals surface area contributed by atoms with Crippen LogP contribution in [0.2, 0.25) is 5.02 Å². The summed E-state index contributed by atoms with van der Waals surface area (Å²) in [5.74, 6) is 1.24. The Balaban J connectivity index is 1.31. The minimum Gasteiger partial charge on any atom is -0.438 e. The number of nitriles is 1. The lowest BCUT2D eigenvalue weighted by atomic mass is 9.99. The fourth-order valence-corrected chi connectivity index (χ4v) is 4.20. The van der Waals surface area contributed by atoms with Crippen LogP contribution in [0.5, 0.6) is 11.6 Å². The third-order valence-corrected chi connectivity index (χ3v) is 6.51. The van der Waals surface area contributed by atoms with E-state index in [-0.39, 0.29) is 29.7 Å². The van der Waals surface area contributed by atoms with Crippen LogP contribution in [0.1, 0.15) is 42.7 Å². The van der Waals surface area contributed by atoms with Crippen molar-refractivity contribution in [1.29, 1.82) is 5.26 Å². The average Bonchev–Trinajstić information content (AvgIpc) is 3.72. The molecule has 10 heteroatoms. The van der Waals surface area contributed by atoms with E-state index in [9.17, 15) is 14.4 Å². The molecule has 3 aromatic rings. The maximum absolute atomic E-state index is 14.8. The highest BCUT2D eigenvalue weighted by atomic mass is 35.5. The Labute approximate surface area is 206 Å². The standard InChI is InChI=1S/C25H23ClFN5O3/c26-23-20(30-14-25(27)8-1-9-34-15-25)13-31-32(24(23)33)19-6-7-22(29-12-19)35-21-10-17(16-2-3-16)4-5-18(21)11-28/h4-7,10,12-13,16,30H,1-3,8-9,14-15H2/t25-/m0/s1. The van der Waals surface area contributed by atoms with E-state index in [1.807, 2.05) is 12.1 Å². The van der Waals surface area contributed by atoms with E-state index in [2.05, 4.69) is 21.5 Å². The van der Waals surface area contributed by atoms with Crippen LogP contribution in [0.4, 0.5) is 10.1 Å². The van der Waals surface area contributed by atoms with E-state index >= 15 is 0 Å². The van der Waals surface area contributed by atoms with Gasteiger partial charge in [-0.3, -0.25) is 4.79 Å². The van der Waals surface area contributed by atoms with Gasteiger partial charge in [0.2, 0.25) is 5.88 Å². The van der Waals surface area contributed by atoms with Gasteiger partial charge in [-0.05, 0) is 55.4 Å². The van der Waals surface area contributed by atoms with Crippen LogP contribution in [-0.4, -0.2) is 40.2 Å². The van der Waals surface area contributed by atoms with Gasteiger partial charge in [-0.2, -0.15) is 15.0 Å². The maximum atomic E-state index is 14.8. The molecule has 0 unspecified atom stereocenters. The highest BCUT2D eigenvalue weighted by Gasteiger charge is 2.32. The first-order valence-electron chi connectivity index (χ1n) is 11.4. The third kappa shape index (κ3) is 5.14. The van der Waals surface area contributed by atoms with Crippen molar-refractivity contribution in [3.05, 3.63) is 69.2 Å². The Hall–Kier alpha value is -3.48. The van der Waals surface area contributed by atoms with Crippen LogP contribution in [0.25, 0.3) is 5.69 Å². The second-order valence-corrected chi connectivity index (χ2v) is 9.23. The van der Waals surface area contributed by atoms with Crippen LogP contribution < -0.4 is 15.6 Å². The van der Waals surface area contributed by atoms with Gasteiger partial charge in [-0.25, -0.2) is 9.37 Å². The number of nitrogens with one attached hydrogen (secondary N) is 1. The van der Waals surface area contributed by atoms with Crippen LogP contribution in [0.3, 0.4) is 0 Å². The second kappa shape index (κ2) is 9.64. The third-order valence-electron chi connectivity index (χ3n) is 6.14. The number of alkyl halides is 1. The fourth-order valence-electron chi connectivity index (χ4n) is 4.01. The molecular formula is C25H23ClFN5O3. The number of anilines is 1. The Morgan fingerprint density at radius 2 is 2.17 bits per heavy atom. The van der Waals surface area contributed by atoms with Crippen molar-refractivity contribution >= 4 is 17.3 Å². The molecule has 1 N–H and O–H groups in total. The summed E-state index contributed by atoms with van der Waals surface area (Å²) in [7, 11) is 0. The van der Waals surface area contributed by atoms with Crippen molar-refractivity contribution in [3.8, 4) is 23.4 Å². The van der Waals surface area contributed by atoms with E-state index in [0.29, 0.717) is 42.4 Å². The number of nitrogens with zero attached hydrogens (tertiary/aromatic N) is 4. The summed E-state index contributed by atoms with van der Waals surface area (Å²) in [5.41, 5.74) is 0.115. The van der Waals surface area contributed by atoms with Crippen LogP contribution in [-0.2, 0) is 4.74 Å². The molecule has 2 aromatic heterocycles. The lowest BCUT2D eigenvalue weighted by molar-refractivity contribution is -0.0234. The molecule has 1 saturated heterocycles. The fraction of sp³-hybridized carbons (Fsp3) is 0.360. The summed E-state index contributed by atoms with van der Waals surface area (Å²) < 4.78 is 27.0. The van der Waals surface area contributed by atoms with Crippen LogP contribution >= 0.6 is 11.6 Å². The summed E-state index contributed by atoms with van der Waals surface area (Å²) in [6.07, 6.45) is 6.11. The number of rotatable bonds is 7. The topological polar surface area (TPSA) is 102 Å². The molecule has 1 atom stereocenters. The van der Waals surface area contributed by atoms with Gasteiger partial charge in [0.05, 0.1) is 42.5 Å². The van der Waals surface area contributed by atoms with Gasteiger partial charge in [0, 0.05) is 12.7 Å². The minimum absolute atomic E-state index is 0.00291. The molecular weight excluding hydrogens is 473 g/mol. The molecule has 0 amide bonds. The number of benzene rings is 1. The Kier molecular flexibility index (Phi) is 6.41. The molecule has 3 heterocycles. The number of hydrogen-bond acceptors (Lipinski definition) is 7. The van der Waals surface area contributed by atoms with Crippen molar-refractivity contribution < 1.29 is 13.9 Å². The first kappa shape index (κ1) is 23.3. The number of aromatic nitrogens is 3. The monoisotopic (exact) mass is 495 g/mol. The second-order valence-electron chi connectivity index (χ2n) is 8.85. The van der Waals surface area contributed by atoms with Crippen molar-refractivity contribution in [2.45, 2.75) is 37.3 Å². The van der Waals surface area contributed by atoms with Gasteiger partial charge in [-0.15, -0.1) is 0 Å². The van der Waals surface area contributed by atoms with Crippen molar-refractivity contribution in [2.75, 3.05) is 25.1 Å². The van der Waals surface area contributed by atoms with Gasteiger partial charge >= 0.3 is 0 Å². The van der Waals surface area contributed by atoms with Gasteiger partial charge in [-0.1, -0.05) is 17.7 Å². The predicted molar refractivity (Wildman–Crippen MR) is 128 cm³/mol. The van der Waals surface area contributed by atoms with E-state index in [1.54, 1.807) is 18.2 Å². The molecule has 0 bridgehead atoms. The lowest BCUT2D eigenvalue weighted by Crippen LogP contribution is -2.40. The molecule has 0 radical (unpaired) electrons. The summed E-state index contributed by atoms with van der Waals surface area (Å²) in [6.45, 7) is 0.523. The highest BCUT2D eigenvalue weighted by molar-refractivity contribution is 6.32. The number of halogens is 2. The van der Waals surface area contributed by atoms with Crippen molar-refractivity contribution in [3.63, 3.8) is 0 Å². The molecule has 1 aromatic carbocycles. The Bertz CT molecular complexity index is 1330. The molecule has 2 fully saturated rings. The molecule has 35 heavy (non-hydrogen) atoms. The largest absolute Gasteiger partial charge is 0.438 e. The Morgan fingerprint density at radius 3 is 2.86 bits per heavy atom. The molecule has 1 aliphatic carbocycles. The van der Waals surface area contributed by atoms with E-state index < -0.39 is 11.2 Å². The smallest absolute Gasteiger partial charge is 0.292 e. The molecule has 180 valence electrons. The maximum Gasteiger partial charge on any atom is 0.292 e.